The lowest BCUT2D eigenvalue weighted by Gasteiger charge is -2.34. The van der Waals surface area contributed by atoms with Crippen molar-refractivity contribution in [1.82, 2.24) is 10.6 Å². The molecule has 0 unspecified atom stereocenters. The maximum absolute atomic E-state index is 12.5. The number of nitrogens with one attached hydrogen (secondary N) is 2. The monoisotopic (exact) mass is 821 g/mol. The van der Waals surface area contributed by atoms with Crippen LogP contribution in [0, 0.1) is 35.5 Å². The summed E-state index contributed by atoms with van der Waals surface area (Å²) in [7, 11) is 3.37. The molecule has 4 aliphatic rings. The fraction of sp³-hybridized carbons (Fsp3) is 0.913. The van der Waals surface area contributed by atoms with Gasteiger partial charge in [0.2, 0.25) is 0 Å². The van der Waals surface area contributed by atoms with Gasteiger partial charge in [-0.25, -0.2) is 9.59 Å². The number of esters is 2. The molecule has 0 aromatic carbocycles. The van der Waals surface area contributed by atoms with E-state index >= 15 is 0 Å². The number of amides is 2. The van der Waals surface area contributed by atoms with Gasteiger partial charge in [-0.1, -0.05) is 25.7 Å². The van der Waals surface area contributed by atoms with Crippen molar-refractivity contribution in [3.8, 4) is 0 Å². The molecule has 0 aromatic rings. The van der Waals surface area contributed by atoms with Crippen LogP contribution in [0.4, 0.5) is 9.59 Å². The molecule has 334 valence electrons. The van der Waals surface area contributed by atoms with Gasteiger partial charge in [-0.15, -0.1) is 0 Å². The Labute approximate surface area is 350 Å². The van der Waals surface area contributed by atoms with Gasteiger partial charge in [0.15, 0.2) is 0 Å². The van der Waals surface area contributed by atoms with Gasteiger partial charge in [0.05, 0.1) is 26.4 Å². The predicted octanol–water partition coefficient (Wildman–Crippen LogP) is 9.45. The Bertz CT molecular complexity index is 1050. The zero-order valence-electron chi connectivity index (χ0n) is 36.3. The highest BCUT2D eigenvalue weighted by atomic mass is 16.6. The summed E-state index contributed by atoms with van der Waals surface area (Å²) in [5.41, 5.74) is 0. The van der Waals surface area contributed by atoms with Gasteiger partial charge in [0.25, 0.3) is 0 Å². The van der Waals surface area contributed by atoms with Crippen molar-refractivity contribution in [2.24, 2.45) is 35.5 Å². The number of unbranched alkanes of at least 4 members (excludes halogenated alkanes) is 3. The van der Waals surface area contributed by atoms with Crippen LogP contribution in [-0.2, 0) is 38.0 Å². The van der Waals surface area contributed by atoms with Gasteiger partial charge in [-0.2, -0.15) is 0 Å². The van der Waals surface area contributed by atoms with Crippen molar-refractivity contribution in [1.29, 1.82) is 0 Å². The molecule has 0 atom stereocenters. The fourth-order valence-corrected chi connectivity index (χ4v) is 9.98. The van der Waals surface area contributed by atoms with Crippen LogP contribution in [0.5, 0.6) is 0 Å². The molecule has 4 rings (SSSR count). The summed E-state index contributed by atoms with van der Waals surface area (Å²) in [5, 5.41) is 6.12. The van der Waals surface area contributed by atoms with Gasteiger partial charge >= 0.3 is 24.1 Å². The van der Waals surface area contributed by atoms with Gasteiger partial charge in [-0.05, 0) is 164 Å². The molecular weight excluding hydrogens is 741 g/mol. The summed E-state index contributed by atoms with van der Waals surface area (Å²) in [6, 6.07) is 0.401. The lowest BCUT2D eigenvalue weighted by atomic mass is 9.74. The first-order chi connectivity index (χ1) is 28.3. The summed E-state index contributed by atoms with van der Waals surface area (Å²) >= 11 is 0. The summed E-state index contributed by atoms with van der Waals surface area (Å²) in [6.45, 7) is 3.04. The molecule has 4 saturated carbocycles. The summed E-state index contributed by atoms with van der Waals surface area (Å²) in [6.07, 6.45) is 25.7. The zero-order valence-corrected chi connectivity index (χ0v) is 36.3. The third kappa shape index (κ3) is 20.6. The maximum atomic E-state index is 12.5. The highest BCUT2D eigenvalue weighted by Gasteiger charge is 2.30. The number of alkyl carbamates (subject to hydrolysis) is 2. The normalized spacial score (nSPS) is 27.6. The van der Waals surface area contributed by atoms with Crippen LogP contribution in [-0.4, -0.2) is 90.1 Å². The van der Waals surface area contributed by atoms with Crippen LogP contribution in [0.3, 0.4) is 0 Å². The summed E-state index contributed by atoms with van der Waals surface area (Å²) < 4.78 is 31.8. The van der Waals surface area contributed by atoms with Crippen molar-refractivity contribution in [3.05, 3.63) is 0 Å². The van der Waals surface area contributed by atoms with Gasteiger partial charge in [0, 0.05) is 52.4 Å². The van der Waals surface area contributed by atoms with E-state index < -0.39 is 0 Å². The van der Waals surface area contributed by atoms with E-state index in [-0.39, 0.29) is 36.2 Å². The van der Waals surface area contributed by atoms with E-state index in [2.05, 4.69) is 10.6 Å². The van der Waals surface area contributed by atoms with Gasteiger partial charge in [0.1, 0.15) is 0 Å². The Kier molecular flexibility index (Phi) is 23.9. The maximum Gasteiger partial charge on any atom is 0.407 e. The predicted molar refractivity (Wildman–Crippen MR) is 223 cm³/mol. The summed E-state index contributed by atoms with van der Waals surface area (Å²) in [4.78, 5) is 49.3. The quantitative estimate of drug-likeness (QED) is 0.0519. The molecule has 0 aromatic heterocycles. The second kappa shape index (κ2) is 28.8. The van der Waals surface area contributed by atoms with Crippen LogP contribution in [0.15, 0.2) is 0 Å². The number of carbonyl (C=O) groups excluding carboxylic acids is 4. The Morgan fingerprint density at radius 3 is 0.983 bits per heavy atom. The fourth-order valence-electron chi connectivity index (χ4n) is 9.98. The van der Waals surface area contributed by atoms with Gasteiger partial charge < -0.3 is 39.1 Å². The Morgan fingerprint density at radius 2 is 0.655 bits per heavy atom. The SMILES string of the molecule is COCCCCOC(=O)CC1CCC(CC2CCC(NC(=O)OCCCCOC(=O)CC3CCC(CC4CCC(NC(=O)OCCCCOC)CC4)CC3)CC2)CC1. The number of ether oxygens (including phenoxy) is 6. The van der Waals surface area contributed by atoms with Crippen LogP contribution in [0.25, 0.3) is 0 Å². The minimum atomic E-state index is -0.338. The highest BCUT2D eigenvalue weighted by molar-refractivity contribution is 5.70. The van der Waals surface area contributed by atoms with Crippen LogP contribution >= 0.6 is 0 Å². The van der Waals surface area contributed by atoms with Crippen LogP contribution in [0.2, 0.25) is 0 Å². The number of hydrogen-bond acceptors (Lipinski definition) is 10. The number of rotatable bonds is 25. The van der Waals surface area contributed by atoms with Crippen molar-refractivity contribution in [2.75, 3.05) is 53.9 Å². The average Bonchev–Trinajstić information content (AvgIpc) is 3.22. The molecule has 0 saturated heterocycles. The van der Waals surface area contributed by atoms with E-state index in [1.807, 2.05) is 0 Å². The van der Waals surface area contributed by atoms with Crippen molar-refractivity contribution < 1.29 is 47.6 Å². The molecule has 2 amide bonds. The molecule has 0 spiro atoms. The molecule has 4 fully saturated rings. The molecule has 4 aliphatic carbocycles. The lowest BCUT2D eigenvalue weighted by Crippen LogP contribution is -2.38. The standard InChI is InChI=1S/C46H80N2O10/c1-53-25-3-5-27-55-43(49)33-39-13-9-35(10-14-39)31-38-19-23-42(24-20-38)48-46(52)58-30-8-7-28-56-44(50)34-40-15-11-36(12-16-40)32-37-17-21-41(22-18-37)47-45(51)57-29-6-4-26-54-2/h35-42H,3-34H2,1-2H3,(H,47,51)(H,48,52). The second-order valence-corrected chi connectivity index (χ2v) is 18.2. The van der Waals surface area contributed by atoms with Crippen molar-refractivity contribution in [2.45, 2.75) is 179 Å². The minimum Gasteiger partial charge on any atom is -0.466 e. The first-order valence-electron chi connectivity index (χ1n) is 23.4. The van der Waals surface area contributed by atoms with Crippen molar-refractivity contribution in [3.63, 3.8) is 0 Å². The number of carbonyl (C=O) groups is 4. The lowest BCUT2D eigenvalue weighted by molar-refractivity contribution is -0.146. The number of methoxy groups -OCH3 is 2. The van der Waals surface area contributed by atoms with E-state index in [1.54, 1.807) is 14.2 Å². The van der Waals surface area contributed by atoms with E-state index in [0.717, 1.165) is 126 Å². The number of hydrogen-bond donors (Lipinski definition) is 2. The Balaban J connectivity index is 0.921. The molecule has 0 radical (unpaired) electrons. The Morgan fingerprint density at radius 1 is 0.379 bits per heavy atom. The highest BCUT2D eigenvalue weighted by Crippen LogP contribution is 2.39. The third-order valence-electron chi connectivity index (χ3n) is 13.5. The van der Waals surface area contributed by atoms with E-state index in [4.69, 9.17) is 28.4 Å². The van der Waals surface area contributed by atoms with E-state index in [1.165, 1.54) is 38.5 Å². The van der Waals surface area contributed by atoms with Crippen LogP contribution in [0.1, 0.15) is 167 Å². The Hall–Kier alpha value is -2.60. The van der Waals surface area contributed by atoms with E-state index in [0.29, 0.717) is 77.2 Å². The van der Waals surface area contributed by atoms with Crippen molar-refractivity contribution >= 4 is 24.1 Å². The van der Waals surface area contributed by atoms with E-state index in [9.17, 15) is 19.2 Å². The first kappa shape index (κ1) is 48.1. The molecule has 2 N–H and O–H groups in total. The largest absolute Gasteiger partial charge is 0.466 e. The van der Waals surface area contributed by atoms with Gasteiger partial charge in [-0.3, -0.25) is 9.59 Å². The molecule has 0 heterocycles. The first-order valence-corrected chi connectivity index (χ1v) is 23.4. The topological polar surface area (TPSA) is 148 Å². The minimum absolute atomic E-state index is 0.0472. The molecule has 0 bridgehead atoms. The zero-order chi connectivity index (χ0) is 41.2. The molecule has 12 nitrogen and oxygen atoms in total. The molecular formula is C46H80N2O10. The molecule has 0 aliphatic heterocycles. The third-order valence-corrected chi connectivity index (χ3v) is 13.5. The average molecular weight is 821 g/mol. The van der Waals surface area contributed by atoms with Crippen LogP contribution < -0.4 is 10.6 Å². The molecule has 58 heavy (non-hydrogen) atoms. The second-order valence-electron chi connectivity index (χ2n) is 18.2. The smallest absolute Gasteiger partial charge is 0.407 e. The molecule has 12 heteroatoms. The summed E-state index contributed by atoms with van der Waals surface area (Å²) in [5.74, 6) is 3.66.